The van der Waals surface area contributed by atoms with Gasteiger partial charge in [0.15, 0.2) is 0 Å². The van der Waals surface area contributed by atoms with Crippen molar-refractivity contribution in [2.45, 2.75) is 6.42 Å². The lowest BCUT2D eigenvalue weighted by Crippen LogP contribution is -2.36. The van der Waals surface area contributed by atoms with Gasteiger partial charge in [-0.2, -0.15) is 5.06 Å². The third kappa shape index (κ3) is 3.91. The van der Waals surface area contributed by atoms with Crippen LogP contribution < -0.4 is 0 Å². The molecule has 4 heteroatoms. The summed E-state index contributed by atoms with van der Waals surface area (Å²) in [7, 11) is 0. The van der Waals surface area contributed by atoms with E-state index in [1.54, 1.807) is 0 Å². The maximum Gasteiger partial charge on any atom is 0.0696 e. The molecular weight excluding hydrogens is 166 g/mol. The van der Waals surface area contributed by atoms with Gasteiger partial charge in [0.2, 0.25) is 0 Å². The molecule has 0 amide bonds. The second-order valence-electron chi connectivity index (χ2n) is 2.42. The summed E-state index contributed by atoms with van der Waals surface area (Å²) in [5.74, 6) is 0.671. The quantitative estimate of drug-likeness (QED) is 0.473. The Bertz CT molecular complexity index is 96.4. The molecule has 0 aliphatic carbocycles. The maximum absolute atomic E-state index is 5.50. The average molecular weight is 180 g/mol. The molecule has 0 bridgehead atoms. The van der Waals surface area contributed by atoms with Crippen LogP contribution in [0.3, 0.4) is 0 Å². The van der Waals surface area contributed by atoms with Crippen LogP contribution in [0.1, 0.15) is 6.42 Å². The number of hydrogen-bond acceptors (Lipinski definition) is 3. The molecule has 0 saturated carbocycles. The molecule has 0 aromatic heterocycles. The molecule has 1 saturated heterocycles. The highest BCUT2D eigenvalue weighted by molar-refractivity contribution is 6.17. The van der Waals surface area contributed by atoms with E-state index in [4.69, 9.17) is 21.2 Å². The third-order valence-electron chi connectivity index (χ3n) is 1.52. The van der Waals surface area contributed by atoms with E-state index < -0.39 is 0 Å². The fraction of sp³-hybridized carbons (Fsp3) is 1.00. The van der Waals surface area contributed by atoms with Gasteiger partial charge in [-0.1, -0.05) is 0 Å². The second kappa shape index (κ2) is 5.77. The van der Waals surface area contributed by atoms with Gasteiger partial charge in [0.25, 0.3) is 0 Å². The minimum Gasteiger partial charge on any atom is -0.379 e. The SMILES string of the molecule is ClCCCON1CCOCC1. The highest BCUT2D eigenvalue weighted by Crippen LogP contribution is 1.98. The Labute approximate surface area is 72.2 Å². The summed E-state index contributed by atoms with van der Waals surface area (Å²) < 4.78 is 5.16. The van der Waals surface area contributed by atoms with E-state index in [0.29, 0.717) is 5.88 Å². The summed E-state index contributed by atoms with van der Waals surface area (Å²) in [4.78, 5) is 5.39. The number of alkyl halides is 1. The standard InChI is InChI=1S/C7H14ClNO2/c8-2-1-5-11-9-3-6-10-7-4-9/h1-7H2. The fourth-order valence-electron chi connectivity index (χ4n) is 0.924. The first-order valence-electron chi connectivity index (χ1n) is 3.95. The van der Waals surface area contributed by atoms with Crippen LogP contribution in [0, 0.1) is 0 Å². The third-order valence-corrected chi connectivity index (χ3v) is 1.79. The number of hydroxylamine groups is 2. The van der Waals surface area contributed by atoms with Crippen LogP contribution in [0.2, 0.25) is 0 Å². The number of hydrogen-bond donors (Lipinski definition) is 0. The first-order valence-corrected chi connectivity index (χ1v) is 4.48. The van der Waals surface area contributed by atoms with Crippen molar-refractivity contribution in [2.75, 3.05) is 38.8 Å². The summed E-state index contributed by atoms with van der Waals surface area (Å²) in [5.41, 5.74) is 0. The molecule has 0 spiro atoms. The highest BCUT2D eigenvalue weighted by atomic mass is 35.5. The molecule has 0 aromatic carbocycles. The van der Waals surface area contributed by atoms with Crippen LogP contribution in [0.25, 0.3) is 0 Å². The Hall–Kier alpha value is 0.170. The van der Waals surface area contributed by atoms with E-state index in [1.807, 2.05) is 5.06 Å². The van der Waals surface area contributed by atoms with Crippen LogP contribution in [0.15, 0.2) is 0 Å². The Morgan fingerprint density at radius 3 is 2.73 bits per heavy atom. The molecule has 0 atom stereocenters. The lowest BCUT2D eigenvalue weighted by molar-refractivity contribution is -0.193. The molecular formula is C7H14ClNO2. The van der Waals surface area contributed by atoms with Crippen LogP contribution in [0.5, 0.6) is 0 Å². The Morgan fingerprint density at radius 1 is 1.36 bits per heavy atom. The molecule has 1 aliphatic rings. The predicted molar refractivity (Wildman–Crippen MR) is 43.7 cm³/mol. The van der Waals surface area contributed by atoms with Crippen LogP contribution in [0.4, 0.5) is 0 Å². The van der Waals surface area contributed by atoms with Gasteiger partial charge < -0.3 is 4.74 Å². The van der Waals surface area contributed by atoms with Crippen molar-refractivity contribution in [3.05, 3.63) is 0 Å². The predicted octanol–water partition coefficient (Wildman–Crippen LogP) is 0.879. The van der Waals surface area contributed by atoms with Crippen molar-refractivity contribution in [2.24, 2.45) is 0 Å². The first-order chi connectivity index (χ1) is 5.43. The first kappa shape index (κ1) is 9.26. The van der Waals surface area contributed by atoms with E-state index in [2.05, 4.69) is 0 Å². The van der Waals surface area contributed by atoms with Gasteiger partial charge in [0.1, 0.15) is 0 Å². The number of nitrogens with zero attached hydrogens (tertiary/aromatic N) is 1. The van der Waals surface area contributed by atoms with Gasteiger partial charge in [-0.15, -0.1) is 11.6 Å². The van der Waals surface area contributed by atoms with E-state index in [9.17, 15) is 0 Å². The van der Waals surface area contributed by atoms with Crippen LogP contribution >= 0.6 is 11.6 Å². The smallest absolute Gasteiger partial charge is 0.0696 e. The molecule has 0 unspecified atom stereocenters. The van der Waals surface area contributed by atoms with Gasteiger partial charge in [-0.25, -0.2) is 0 Å². The van der Waals surface area contributed by atoms with Crippen LogP contribution in [-0.4, -0.2) is 43.9 Å². The highest BCUT2D eigenvalue weighted by Gasteiger charge is 2.09. The van der Waals surface area contributed by atoms with Crippen molar-refractivity contribution < 1.29 is 9.57 Å². The summed E-state index contributed by atoms with van der Waals surface area (Å²) in [5, 5.41) is 1.94. The van der Waals surface area contributed by atoms with Gasteiger partial charge in [0, 0.05) is 19.0 Å². The summed E-state index contributed by atoms with van der Waals surface area (Å²) in [6.45, 7) is 4.04. The molecule has 66 valence electrons. The van der Waals surface area contributed by atoms with Gasteiger partial charge in [-0.3, -0.25) is 4.84 Å². The van der Waals surface area contributed by atoms with Gasteiger partial charge in [-0.05, 0) is 6.42 Å². The summed E-state index contributed by atoms with van der Waals surface area (Å²) in [6.07, 6.45) is 0.916. The topological polar surface area (TPSA) is 21.7 Å². The number of ether oxygens (including phenoxy) is 1. The lowest BCUT2D eigenvalue weighted by atomic mass is 10.5. The number of halogens is 1. The van der Waals surface area contributed by atoms with Gasteiger partial charge in [0.05, 0.1) is 19.8 Å². The van der Waals surface area contributed by atoms with Crippen molar-refractivity contribution in [1.82, 2.24) is 5.06 Å². The molecule has 1 fully saturated rings. The zero-order valence-corrected chi connectivity index (χ0v) is 7.35. The van der Waals surface area contributed by atoms with E-state index >= 15 is 0 Å². The lowest BCUT2D eigenvalue weighted by Gasteiger charge is -2.25. The minimum absolute atomic E-state index is 0.671. The zero-order chi connectivity index (χ0) is 7.94. The average Bonchev–Trinajstić information content (AvgIpc) is 2.07. The molecule has 0 aromatic rings. The molecule has 3 nitrogen and oxygen atoms in total. The summed E-state index contributed by atoms with van der Waals surface area (Å²) >= 11 is 5.50. The second-order valence-corrected chi connectivity index (χ2v) is 2.80. The van der Waals surface area contributed by atoms with Crippen molar-refractivity contribution in [3.8, 4) is 0 Å². The Balaban J connectivity index is 1.96. The van der Waals surface area contributed by atoms with Crippen molar-refractivity contribution in [3.63, 3.8) is 0 Å². The summed E-state index contributed by atoms with van der Waals surface area (Å²) in [6, 6.07) is 0. The fourth-order valence-corrected chi connectivity index (χ4v) is 1.03. The number of morpholine rings is 1. The Morgan fingerprint density at radius 2 is 2.09 bits per heavy atom. The molecule has 11 heavy (non-hydrogen) atoms. The van der Waals surface area contributed by atoms with Crippen LogP contribution in [-0.2, 0) is 9.57 Å². The van der Waals surface area contributed by atoms with Crippen molar-refractivity contribution in [1.29, 1.82) is 0 Å². The van der Waals surface area contributed by atoms with E-state index in [1.165, 1.54) is 0 Å². The maximum atomic E-state index is 5.50. The van der Waals surface area contributed by atoms with Gasteiger partial charge >= 0.3 is 0 Å². The molecule has 1 aliphatic heterocycles. The molecule has 0 radical (unpaired) electrons. The number of rotatable bonds is 4. The molecule has 0 N–H and O–H groups in total. The minimum atomic E-state index is 0.671. The van der Waals surface area contributed by atoms with Crippen molar-refractivity contribution >= 4 is 11.6 Å². The molecule has 1 rings (SSSR count). The Kier molecular flexibility index (Phi) is 4.86. The van der Waals surface area contributed by atoms with E-state index in [-0.39, 0.29) is 0 Å². The largest absolute Gasteiger partial charge is 0.379 e. The monoisotopic (exact) mass is 179 g/mol. The normalized spacial score (nSPS) is 20.5. The molecule has 1 heterocycles. The zero-order valence-electron chi connectivity index (χ0n) is 6.59. The van der Waals surface area contributed by atoms with E-state index in [0.717, 1.165) is 39.3 Å².